The van der Waals surface area contributed by atoms with E-state index in [0.29, 0.717) is 22.8 Å². The molecule has 10 heteroatoms. The molecule has 0 radical (unpaired) electrons. The quantitative estimate of drug-likeness (QED) is 0.107. The zero-order valence-corrected chi connectivity index (χ0v) is 20.7. The number of aldehydes is 1. The van der Waals surface area contributed by atoms with E-state index in [0.717, 1.165) is 30.4 Å². The van der Waals surface area contributed by atoms with Crippen LogP contribution < -0.4 is 0 Å². The average Bonchev–Trinajstić information content (AvgIpc) is 3.35. The third-order valence-corrected chi connectivity index (χ3v) is 5.77. The molecule has 0 saturated carbocycles. The Kier molecular flexibility index (Phi) is 10.4. The van der Waals surface area contributed by atoms with E-state index < -0.39 is 17.7 Å². The number of hydroxylamine groups is 2. The van der Waals surface area contributed by atoms with Crippen LogP contribution in [0.25, 0.3) is 11.5 Å². The van der Waals surface area contributed by atoms with Gasteiger partial charge in [0.2, 0.25) is 6.29 Å². The van der Waals surface area contributed by atoms with Gasteiger partial charge in [0, 0.05) is 12.0 Å². The van der Waals surface area contributed by atoms with Crippen LogP contribution in [0.2, 0.25) is 0 Å². The van der Waals surface area contributed by atoms with Crippen molar-refractivity contribution in [2.45, 2.75) is 71.1 Å². The summed E-state index contributed by atoms with van der Waals surface area (Å²) in [6.45, 7) is 1.78. The molecule has 0 atom stereocenters. The van der Waals surface area contributed by atoms with E-state index in [9.17, 15) is 22.8 Å². The summed E-state index contributed by atoms with van der Waals surface area (Å²) < 4.78 is 45.5. The van der Waals surface area contributed by atoms with E-state index in [1.807, 2.05) is 0 Å². The number of aromatic nitrogens is 2. The highest BCUT2D eigenvalue weighted by Gasteiger charge is 2.33. The second-order valence-electron chi connectivity index (χ2n) is 8.71. The molecule has 1 aromatic heterocycles. The molecule has 0 aliphatic carbocycles. The maximum atomic E-state index is 13.4. The minimum atomic E-state index is -4.57. The first-order valence-corrected chi connectivity index (χ1v) is 12.3. The zero-order chi connectivity index (χ0) is 26.7. The minimum absolute atomic E-state index is 0.0376. The van der Waals surface area contributed by atoms with Crippen molar-refractivity contribution in [2.75, 3.05) is 0 Å². The minimum Gasteiger partial charge on any atom is -0.361 e. The number of rotatable bonds is 14. The van der Waals surface area contributed by atoms with E-state index >= 15 is 0 Å². The van der Waals surface area contributed by atoms with E-state index in [4.69, 9.17) is 9.36 Å². The Hall–Kier alpha value is -3.53. The predicted octanol–water partition coefficient (Wildman–Crippen LogP) is 6.32. The molecule has 0 N–H and O–H groups in total. The van der Waals surface area contributed by atoms with Crippen LogP contribution in [-0.4, -0.2) is 27.5 Å². The standard InChI is InChI=1S/C27H30F3N3O4/c1-2-3-4-5-6-7-12-24-31-26(36-32-24)21-15-13-20(14-16-21)17-33(37-25(35)19-34)18-22-10-8-9-11-23(22)27(28,29)30/h8-11,13-16,19H,2-7,12,17-18H2,1H3. The fourth-order valence-corrected chi connectivity index (χ4v) is 3.89. The van der Waals surface area contributed by atoms with Gasteiger partial charge in [-0.2, -0.15) is 18.2 Å². The maximum Gasteiger partial charge on any atom is 0.416 e. The van der Waals surface area contributed by atoms with Crippen LogP contribution in [0.15, 0.2) is 53.1 Å². The molecule has 3 rings (SSSR count). The largest absolute Gasteiger partial charge is 0.416 e. The number of unbranched alkanes of at least 4 members (excludes halogenated alkanes) is 5. The molecule has 198 valence electrons. The normalized spacial score (nSPS) is 11.6. The molecule has 0 saturated heterocycles. The number of aryl methyl sites for hydroxylation is 1. The number of alkyl halides is 3. The van der Waals surface area contributed by atoms with Crippen molar-refractivity contribution in [3.8, 4) is 11.5 Å². The average molecular weight is 518 g/mol. The molecular formula is C27H30F3N3O4. The van der Waals surface area contributed by atoms with Crippen LogP contribution in [0.1, 0.15) is 68.0 Å². The molecule has 1 heterocycles. The van der Waals surface area contributed by atoms with Gasteiger partial charge < -0.3 is 9.36 Å². The fourth-order valence-electron chi connectivity index (χ4n) is 3.89. The number of benzene rings is 2. The maximum absolute atomic E-state index is 13.4. The Labute approximate surface area is 213 Å². The van der Waals surface area contributed by atoms with Gasteiger partial charge in [-0.25, -0.2) is 4.79 Å². The SMILES string of the molecule is CCCCCCCCc1noc(-c2ccc(CN(Cc3ccccc3C(F)(F)F)OC(=O)C=O)cc2)n1. The first kappa shape index (κ1) is 28.0. The Balaban J connectivity index is 1.64. The molecule has 37 heavy (non-hydrogen) atoms. The lowest BCUT2D eigenvalue weighted by Crippen LogP contribution is -2.28. The molecule has 0 spiro atoms. The van der Waals surface area contributed by atoms with Crippen molar-refractivity contribution in [2.24, 2.45) is 0 Å². The second kappa shape index (κ2) is 13.7. The van der Waals surface area contributed by atoms with Crippen molar-refractivity contribution in [3.63, 3.8) is 0 Å². The molecule has 0 aliphatic rings. The lowest BCUT2D eigenvalue weighted by Gasteiger charge is -2.22. The molecule has 0 fully saturated rings. The van der Waals surface area contributed by atoms with Gasteiger partial charge in [-0.3, -0.25) is 4.79 Å². The van der Waals surface area contributed by atoms with E-state index in [2.05, 4.69) is 17.1 Å². The van der Waals surface area contributed by atoms with Crippen molar-refractivity contribution >= 4 is 12.3 Å². The smallest absolute Gasteiger partial charge is 0.361 e. The first-order valence-electron chi connectivity index (χ1n) is 12.3. The number of carbonyl (C=O) groups excluding carboxylic acids is 2. The van der Waals surface area contributed by atoms with E-state index in [1.165, 1.54) is 43.9 Å². The van der Waals surface area contributed by atoms with Gasteiger partial charge in [0.25, 0.3) is 5.89 Å². The molecule has 2 aromatic carbocycles. The fraction of sp³-hybridized carbons (Fsp3) is 0.407. The summed E-state index contributed by atoms with van der Waals surface area (Å²) in [6.07, 6.45) is 3.14. The predicted molar refractivity (Wildman–Crippen MR) is 130 cm³/mol. The number of hydrogen-bond donors (Lipinski definition) is 0. The Bertz CT molecular complexity index is 1150. The van der Waals surface area contributed by atoms with Gasteiger partial charge in [-0.15, -0.1) is 5.06 Å². The number of halogens is 3. The van der Waals surface area contributed by atoms with E-state index in [-0.39, 0.29) is 24.9 Å². The second-order valence-corrected chi connectivity index (χ2v) is 8.71. The molecule has 0 amide bonds. The summed E-state index contributed by atoms with van der Waals surface area (Å²) >= 11 is 0. The Morgan fingerprint density at radius 2 is 1.70 bits per heavy atom. The van der Waals surface area contributed by atoms with Crippen molar-refractivity contribution < 1.29 is 32.1 Å². The number of nitrogens with zero attached hydrogens (tertiary/aromatic N) is 3. The molecule has 7 nitrogen and oxygen atoms in total. The first-order chi connectivity index (χ1) is 17.8. The molecule has 3 aromatic rings. The highest BCUT2D eigenvalue weighted by atomic mass is 19.4. The summed E-state index contributed by atoms with van der Waals surface area (Å²) in [5.74, 6) is -0.189. The van der Waals surface area contributed by atoms with Gasteiger partial charge in [-0.05, 0) is 35.7 Å². The van der Waals surface area contributed by atoms with Crippen LogP contribution in [0.5, 0.6) is 0 Å². The van der Waals surface area contributed by atoms with Gasteiger partial charge in [0.15, 0.2) is 5.82 Å². The zero-order valence-electron chi connectivity index (χ0n) is 20.7. The Morgan fingerprint density at radius 1 is 1.00 bits per heavy atom. The van der Waals surface area contributed by atoms with Crippen molar-refractivity contribution in [1.29, 1.82) is 0 Å². The van der Waals surface area contributed by atoms with Crippen LogP contribution in [0, 0.1) is 0 Å². The summed E-state index contributed by atoms with van der Waals surface area (Å²) in [5, 5.41) is 5.05. The summed E-state index contributed by atoms with van der Waals surface area (Å²) in [7, 11) is 0. The number of hydrogen-bond acceptors (Lipinski definition) is 7. The highest BCUT2D eigenvalue weighted by molar-refractivity contribution is 6.20. The van der Waals surface area contributed by atoms with Gasteiger partial charge in [-0.1, -0.05) is 74.5 Å². The van der Waals surface area contributed by atoms with Crippen LogP contribution in [0.3, 0.4) is 0 Å². The summed E-state index contributed by atoms with van der Waals surface area (Å²) in [6, 6.07) is 11.9. The Morgan fingerprint density at radius 3 is 2.41 bits per heavy atom. The summed E-state index contributed by atoms with van der Waals surface area (Å²) in [4.78, 5) is 31.8. The molecule has 0 unspecified atom stereocenters. The van der Waals surface area contributed by atoms with E-state index in [1.54, 1.807) is 24.3 Å². The summed E-state index contributed by atoms with van der Waals surface area (Å²) in [5.41, 5.74) is 0.391. The van der Waals surface area contributed by atoms with Crippen molar-refractivity contribution in [3.05, 3.63) is 71.0 Å². The third-order valence-electron chi connectivity index (χ3n) is 5.77. The topological polar surface area (TPSA) is 85.5 Å². The van der Waals surface area contributed by atoms with Crippen LogP contribution >= 0.6 is 0 Å². The number of carbonyl (C=O) groups is 2. The molecular weight excluding hydrogens is 487 g/mol. The van der Waals surface area contributed by atoms with Crippen LogP contribution in [-0.2, 0) is 40.1 Å². The van der Waals surface area contributed by atoms with Gasteiger partial charge >= 0.3 is 12.1 Å². The molecule has 0 aliphatic heterocycles. The van der Waals surface area contributed by atoms with Crippen LogP contribution in [0.4, 0.5) is 13.2 Å². The lowest BCUT2D eigenvalue weighted by atomic mass is 10.1. The van der Waals surface area contributed by atoms with Gasteiger partial charge in [0.05, 0.1) is 18.7 Å². The van der Waals surface area contributed by atoms with Gasteiger partial charge in [0.1, 0.15) is 0 Å². The lowest BCUT2D eigenvalue weighted by molar-refractivity contribution is -0.195. The molecule has 0 bridgehead atoms. The monoisotopic (exact) mass is 517 g/mol. The highest BCUT2D eigenvalue weighted by Crippen LogP contribution is 2.32. The third kappa shape index (κ3) is 8.82. The van der Waals surface area contributed by atoms with Crippen molar-refractivity contribution in [1.82, 2.24) is 15.2 Å².